The van der Waals surface area contributed by atoms with Crippen molar-refractivity contribution < 1.29 is 14.4 Å². The van der Waals surface area contributed by atoms with E-state index in [4.69, 9.17) is 0 Å². The molecule has 2 aliphatic rings. The van der Waals surface area contributed by atoms with Gasteiger partial charge in [0.2, 0.25) is 5.91 Å². The standard InChI is InChI=1S/C31H35N3O3/c1-6-21-13-23(15-24(14-21)31(37)33-25-9-10-27(19(3)4)20(5)12-25)22-8-11-29(35)28(16-22)32-26-17-34(18-26)30(36)7-2/h7-10,12-16,19,26,32H,2,6,11,17-18H2,1,3-5H3,(H,33,37). The summed E-state index contributed by atoms with van der Waals surface area (Å²) in [6.45, 7) is 13.0. The van der Waals surface area contributed by atoms with Crippen LogP contribution in [0.1, 0.15) is 65.7 Å². The van der Waals surface area contributed by atoms with Crippen LogP contribution in [0.15, 0.2) is 66.9 Å². The molecule has 1 fully saturated rings. The van der Waals surface area contributed by atoms with Crippen LogP contribution in [-0.4, -0.2) is 41.6 Å². The Morgan fingerprint density at radius 3 is 2.57 bits per heavy atom. The van der Waals surface area contributed by atoms with Crippen LogP contribution in [0.3, 0.4) is 0 Å². The van der Waals surface area contributed by atoms with Crippen molar-refractivity contribution in [2.75, 3.05) is 18.4 Å². The fourth-order valence-corrected chi connectivity index (χ4v) is 4.83. The number of aryl methyl sites for hydroxylation is 2. The summed E-state index contributed by atoms with van der Waals surface area (Å²) in [6.07, 6.45) is 6.14. The Morgan fingerprint density at radius 2 is 1.92 bits per heavy atom. The Balaban J connectivity index is 1.53. The molecule has 0 radical (unpaired) electrons. The Kier molecular flexibility index (Phi) is 7.77. The van der Waals surface area contributed by atoms with Crippen molar-refractivity contribution in [1.82, 2.24) is 10.2 Å². The van der Waals surface area contributed by atoms with E-state index in [2.05, 4.69) is 57.0 Å². The van der Waals surface area contributed by atoms with Gasteiger partial charge in [-0.05, 0) is 83.5 Å². The topological polar surface area (TPSA) is 78.5 Å². The van der Waals surface area contributed by atoms with Gasteiger partial charge in [-0.1, -0.05) is 45.6 Å². The van der Waals surface area contributed by atoms with Gasteiger partial charge >= 0.3 is 0 Å². The highest BCUT2D eigenvalue weighted by atomic mass is 16.2. The van der Waals surface area contributed by atoms with Crippen molar-refractivity contribution in [3.63, 3.8) is 0 Å². The van der Waals surface area contributed by atoms with Crippen molar-refractivity contribution in [3.05, 3.63) is 94.7 Å². The summed E-state index contributed by atoms with van der Waals surface area (Å²) in [6, 6.07) is 11.9. The predicted octanol–water partition coefficient (Wildman–Crippen LogP) is 5.16. The van der Waals surface area contributed by atoms with Crippen LogP contribution in [0.4, 0.5) is 5.69 Å². The highest BCUT2D eigenvalue weighted by Gasteiger charge is 2.31. The van der Waals surface area contributed by atoms with Gasteiger partial charge in [0.1, 0.15) is 0 Å². The first kappa shape index (κ1) is 26.1. The predicted molar refractivity (Wildman–Crippen MR) is 148 cm³/mol. The molecule has 37 heavy (non-hydrogen) atoms. The lowest BCUT2D eigenvalue weighted by Crippen LogP contribution is -2.59. The number of carbonyl (C=O) groups excluding carboxylic acids is 3. The molecule has 0 aromatic heterocycles. The van der Waals surface area contributed by atoms with Crippen LogP contribution in [0.25, 0.3) is 5.57 Å². The molecule has 2 aromatic rings. The second-order valence-electron chi connectivity index (χ2n) is 10.1. The molecule has 0 unspecified atom stereocenters. The van der Waals surface area contributed by atoms with E-state index in [-0.39, 0.29) is 30.1 Å². The maximum Gasteiger partial charge on any atom is 0.255 e. The van der Waals surface area contributed by atoms with E-state index < -0.39 is 0 Å². The second-order valence-corrected chi connectivity index (χ2v) is 10.1. The van der Waals surface area contributed by atoms with Crippen LogP contribution in [0.5, 0.6) is 0 Å². The number of nitrogens with one attached hydrogen (secondary N) is 2. The zero-order chi connectivity index (χ0) is 26.7. The van der Waals surface area contributed by atoms with Crippen LogP contribution < -0.4 is 10.6 Å². The lowest BCUT2D eigenvalue weighted by molar-refractivity contribution is -0.130. The van der Waals surface area contributed by atoms with E-state index in [9.17, 15) is 14.4 Å². The van der Waals surface area contributed by atoms with Gasteiger partial charge in [-0.15, -0.1) is 0 Å². The summed E-state index contributed by atoms with van der Waals surface area (Å²) in [5.41, 5.74) is 7.18. The van der Waals surface area contributed by atoms with Gasteiger partial charge in [0.05, 0.1) is 11.7 Å². The Labute approximate surface area is 219 Å². The van der Waals surface area contributed by atoms with Crippen LogP contribution >= 0.6 is 0 Å². The third-order valence-corrected chi connectivity index (χ3v) is 6.98. The summed E-state index contributed by atoms with van der Waals surface area (Å²) < 4.78 is 0. The number of anilines is 1. The van der Waals surface area contributed by atoms with E-state index in [0.717, 1.165) is 34.4 Å². The van der Waals surface area contributed by atoms with Gasteiger partial charge in [-0.2, -0.15) is 0 Å². The first-order chi connectivity index (χ1) is 17.7. The largest absolute Gasteiger partial charge is 0.376 e. The number of likely N-dealkylation sites (tertiary alicyclic amines) is 1. The van der Waals surface area contributed by atoms with E-state index in [1.807, 2.05) is 36.4 Å². The fraction of sp³-hybridized carbons (Fsp3) is 0.323. The molecule has 0 saturated carbocycles. The minimum Gasteiger partial charge on any atom is -0.376 e. The lowest BCUT2D eigenvalue weighted by atomic mass is 9.93. The second kappa shape index (κ2) is 11.0. The number of amides is 2. The molecule has 0 bridgehead atoms. The molecule has 1 aliphatic heterocycles. The van der Waals surface area contributed by atoms with Gasteiger partial charge in [0, 0.05) is 30.8 Å². The molecule has 0 atom stereocenters. The van der Waals surface area contributed by atoms with Gasteiger partial charge in [-0.3, -0.25) is 14.4 Å². The molecule has 1 saturated heterocycles. The van der Waals surface area contributed by atoms with Crippen molar-refractivity contribution in [1.29, 1.82) is 0 Å². The summed E-state index contributed by atoms with van der Waals surface area (Å²) in [5.74, 6) is 0.178. The summed E-state index contributed by atoms with van der Waals surface area (Å²) in [7, 11) is 0. The lowest BCUT2D eigenvalue weighted by Gasteiger charge is -2.40. The molecule has 1 heterocycles. The number of hydrogen-bond acceptors (Lipinski definition) is 4. The quantitative estimate of drug-likeness (QED) is 0.494. The average molecular weight is 498 g/mol. The Bertz CT molecular complexity index is 1310. The molecule has 192 valence electrons. The third-order valence-electron chi connectivity index (χ3n) is 6.98. The van der Waals surface area contributed by atoms with E-state index in [1.165, 1.54) is 11.6 Å². The average Bonchev–Trinajstić information content (AvgIpc) is 2.85. The molecule has 2 amide bonds. The Morgan fingerprint density at radius 1 is 1.16 bits per heavy atom. The fourth-order valence-electron chi connectivity index (χ4n) is 4.83. The molecule has 1 aliphatic carbocycles. The van der Waals surface area contributed by atoms with Crippen LogP contribution in [0.2, 0.25) is 0 Å². The summed E-state index contributed by atoms with van der Waals surface area (Å²) >= 11 is 0. The van der Waals surface area contributed by atoms with E-state index in [0.29, 0.717) is 30.3 Å². The number of nitrogens with zero attached hydrogens (tertiary/aromatic N) is 1. The highest BCUT2D eigenvalue weighted by Crippen LogP contribution is 2.27. The molecular weight excluding hydrogens is 462 g/mol. The summed E-state index contributed by atoms with van der Waals surface area (Å²) in [5, 5.41) is 6.34. The van der Waals surface area contributed by atoms with Gasteiger partial charge in [0.15, 0.2) is 5.78 Å². The first-order valence-corrected chi connectivity index (χ1v) is 12.9. The maximum atomic E-state index is 13.2. The zero-order valence-electron chi connectivity index (χ0n) is 22.1. The number of allylic oxidation sites excluding steroid dienone is 4. The SMILES string of the molecule is C=CC(=O)N1CC(NC2=CC(c3cc(CC)cc(C(=O)Nc4ccc(C(C)C)c(C)c4)c3)=CCC2=O)C1. The monoisotopic (exact) mass is 497 g/mol. The first-order valence-electron chi connectivity index (χ1n) is 12.9. The zero-order valence-corrected chi connectivity index (χ0v) is 22.1. The maximum absolute atomic E-state index is 13.2. The minimum atomic E-state index is -0.162. The highest BCUT2D eigenvalue weighted by molar-refractivity contribution is 6.06. The third kappa shape index (κ3) is 5.91. The van der Waals surface area contributed by atoms with Crippen LogP contribution in [-0.2, 0) is 16.0 Å². The van der Waals surface area contributed by atoms with Crippen LogP contribution in [0, 0.1) is 6.92 Å². The molecule has 4 rings (SSSR count). The molecule has 6 heteroatoms. The summed E-state index contributed by atoms with van der Waals surface area (Å²) in [4.78, 5) is 39.2. The molecule has 0 spiro atoms. The van der Waals surface area contributed by atoms with Gasteiger partial charge < -0.3 is 15.5 Å². The molecular formula is C31H35N3O3. The molecule has 2 N–H and O–H groups in total. The van der Waals surface area contributed by atoms with Gasteiger partial charge in [0.25, 0.3) is 5.91 Å². The number of benzene rings is 2. The van der Waals surface area contributed by atoms with Gasteiger partial charge in [-0.25, -0.2) is 0 Å². The van der Waals surface area contributed by atoms with Crippen molar-refractivity contribution in [3.8, 4) is 0 Å². The van der Waals surface area contributed by atoms with Crippen molar-refractivity contribution >= 4 is 28.9 Å². The Hall–Kier alpha value is -3.93. The number of carbonyl (C=O) groups is 3. The normalized spacial score (nSPS) is 15.6. The van der Waals surface area contributed by atoms with E-state index >= 15 is 0 Å². The van der Waals surface area contributed by atoms with E-state index in [1.54, 1.807) is 4.90 Å². The number of rotatable bonds is 8. The van der Waals surface area contributed by atoms with Crippen molar-refractivity contribution in [2.45, 2.75) is 52.5 Å². The van der Waals surface area contributed by atoms with Crippen molar-refractivity contribution in [2.24, 2.45) is 0 Å². The number of Topliss-reactive ketones (excluding diaryl/α,β-unsaturated/α-hetero) is 1. The molecule has 2 aromatic carbocycles. The number of ketones is 1. The minimum absolute atomic E-state index is 0.0158. The smallest absolute Gasteiger partial charge is 0.255 e. The number of hydrogen-bond donors (Lipinski definition) is 2. The molecule has 6 nitrogen and oxygen atoms in total.